The molecule has 6 N–H and O–H groups in total. The Hall–Kier alpha value is -4.16. The largest absolute Gasteiger partial charge is 0.493 e. The van der Waals surface area contributed by atoms with Gasteiger partial charge in [0.25, 0.3) is 11.8 Å². The first-order valence-electron chi connectivity index (χ1n) is 17.2. The number of amides is 1. The molecule has 2 aliphatic rings. The van der Waals surface area contributed by atoms with Crippen LogP contribution in [0.2, 0.25) is 0 Å². The van der Waals surface area contributed by atoms with Gasteiger partial charge in [0.05, 0.1) is 24.1 Å². The van der Waals surface area contributed by atoms with Gasteiger partial charge < -0.3 is 50.1 Å². The average molecular weight is 729 g/mol. The Bertz CT molecular complexity index is 1680. The second kappa shape index (κ2) is 15.3. The predicted molar refractivity (Wildman–Crippen MR) is 199 cm³/mol. The van der Waals surface area contributed by atoms with E-state index in [-0.39, 0.29) is 39.7 Å². The molecule has 2 aromatic rings. The summed E-state index contributed by atoms with van der Waals surface area (Å²) in [7, 11) is 20.0. The number of aliphatic hydroxyl groups is 5. The Morgan fingerprint density at radius 3 is 2.28 bits per heavy atom. The molecule has 2 aromatic heterocycles. The van der Waals surface area contributed by atoms with Crippen LogP contribution in [0.25, 0.3) is 5.57 Å². The van der Waals surface area contributed by atoms with E-state index in [9.17, 15) is 35.1 Å². The lowest BCUT2D eigenvalue weighted by Gasteiger charge is -2.66. The van der Waals surface area contributed by atoms with Gasteiger partial charge in [-0.15, -0.1) is 0 Å². The molecule has 0 bridgehead atoms. The fourth-order valence-corrected chi connectivity index (χ4v) is 6.18. The van der Waals surface area contributed by atoms with Crippen molar-refractivity contribution < 1.29 is 44.6 Å². The third-order valence-electron chi connectivity index (χ3n) is 9.16. The Morgan fingerprint density at radius 2 is 1.74 bits per heavy atom. The second-order valence-electron chi connectivity index (χ2n) is 14.3. The topological polar surface area (TPSA) is 214 Å². The van der Waals surface area contributed by atoms with Crippen LogP contribution < -0.4 is 15.1 Å². The van der Waals surface area contributed by atoms with Crippen molar-refractivity contribution in [2.45, 2.75) is 108 Å². The number of unbranched alkanes of at least 4 members (excludes halogenated alkanes) is 1. The highest BCUT2D eigenvalue weighted by atomic mass is 16.6. The molecular formula is C34H46B3N7O9. The monoisotopic (exact) mass is 729 g/mol. The molecule has 2 fully saturated rings. The number of piperazine rings is 1. The highest BCUT2D eigenvalue weighted by Gasteiger charge is 2.72. The Labute approximate surface area is 313 Å². The van der Waals surface area contributed by atoms with E-state index in [0.717, 1.165) is 44.7 Å². The minimum atomic E-state index is -3.96. The smallest absolute Gasteiger partial charge is 0.418 e. The first-order valence-corrected chi connectivity index (χ1v) is 17.2. The number of nitrogens with zero attached hydrogens (tertiary/aromatic N) is 6. The normalized spacial score (nSPS) is 21.4. The number of anilines is 4. The van der Waals surface area contributed by atoms with Crippen LogP contribution in [0.1, 0.15) is 78.7 Å². The first-order chi connectivity index (χ1) is 24.5. The maximum absolute atomic E-state index is 12.9. The van der Waals surface area contributed by atoms with Crippen molar-refractivity contribution in [1.29, 1.82) is 0 Å². The number of pyridine rings is 1. The molecule has 0 aromatic carbocycles. The van der Waals surface area contributed by atoms with Crippen molar-refractivity contribution in [3.63, 3.8) is 0 Å². The van der Waals surface area contributed by atoms with Gasteiger partial charge in [0.15, 0.2) is 19.8 Å². The molecule has 1 atom stereocenters. The van der Waals surface area contributed by atoms with E-state index in [4.69, 9.17) is 38.0 Å². The van der Waals surface area contributed by atoms with E-state index in [0.29, 0.717) is 29.8 Å². The number of rotatable bonds is 12. The SMILES string of the molecule is [B]C1([B])N(c2ccc(Nc3ncc(/C(C)=C(\C=O)C(=C)OCCCC)c(N(C)C4CCCC4)n3)nc2)C([B])(O)C(O)(O)N(C(=O)OC(C)(C)C)C1(O)O. The van der Waals surface area contributed by atoms with Crippen LogP contribution in [0, 0.1) is 0 Å². The van der Waals surface area contributed by atoms with Crippen molar-refractivity contribution in [2.75, 3.05) is 28.8 Å². The quantitative estimate of drug-likeness (QED) is 0.0347. The summed E-state index contributed by atoms with van der Waals surface area (Å²) >= 11 is 0. The molecule has 0 spiro atoms. The van der Waals surface area contributed by atoms with Crippen molar-refractivity contribution >= 4 is 64.8 Å². The van der Waals surface area contributed by atoms with Gasteiger partial charge in [0.2, 0.25) is 5.95 Å². The number of carbonyl (C=O) groups excluding carboxylic acids is 2. The molecule has 1 amide bonds. The zero-order chi connectivity index (χ0) is 39.7. The molecule has 1 aliphatic carbocycles. The third kappa shape index (κ3) is 8.04. The molecule has 19 heteroatoms. The van der Waals surface area contributed by atoms with Gasteiger partial charge in [-0.2, -0.15) is 9.88 Å². The Kier molecular flexibility index (Phi) is 12.0. The molecule has 16 nitrogen and oxygen atoms in total. The molecule has 6 radical (unpaired) electrons. The van der Waals surface area contributed by atoms with Crippen LogP contribution in [-0.4, -0.2) is 129 Å². The zero-order valence-electron chi connectivity index (χ0n) is 30.9. The van der Waals surface area contributed by atoms with Gasteiger partial charge in [0, 0.05) is 30.2 Å². The van der Waals surface area contributed by atoms with Crippen molar-refractivity contribution in [3.05, 3.63) is 48.0 Å². The van der Waals surface area contributed by atoms with Crippen LogP contribution >= 0.6 is 0 Å². The van der Waals surface area contributed by atoms with Gasteiger partial charge in [0.1, 0.15) is 38.7 Å². The second-order valence-corrected chi connectivity index (χ2v) is 14.3. The van der Waals surface area contributed by atoms with Gasteiger partial charge >= 0.3 is 6.09 Å². The highest BCUT2D eigenvalue weighted by Crippen LogP contribution is 2.46. The van der Waals surface area contributed by atoms with Crippen LogP contribution in [-0.2, 0) is 14.3 Å². The fraction of sp³-hybridized carbons (Fsp3) is 0.559. The maximum Gasteiger partial charge on any atom is 0.418 e. The van der Waals surface area contributed by atoms with Crippen molar-refractivity contribution in [3.8, 4) is 0 Å². The maximum atomic E-state index is 12.9. The summed E-state index contributed by atoms with van der Waals surface area (Å²) in [5.74, 6) is -6.72. The summed E-state index contributed by atoms with van der Waals surface area (Å²) in [5.41, 5.74) is -3.63. The average Bonchev–Trinajstić information content (AvgIpc) is 3.59. The van der Waals surface area contributed by atoms with Crippen LogP contribution in [0.15, 0.2) is 42.4 Å². The lowest BCUT2D eigenvalue weighted by atomic mass is 9.53. The fourth-order valence-electron chi connectivity index (χ4n) is 6.18. The highest BCUT2D eigenvalue weighted by molar-refractivity contribution is 6.43. The van der Waals surface area contributed by atoms with E-state index >= 15 is 0 Å². The van der Waals surface area contributed by atoms with Gasteiger partial charge in [-0.05, 0) is 64.7 Å². The van der Waals surface area contributed by atoms with E-state index in [1.807, 2.05) is 18.9 Å². The van der Waals surface area contributed by atoms with Crippen LogP contribution in [0.3, 0.4) is 0 Å². The van der Waals surface area contributed by atoms with Gasteiger partial charge in [-0.1, -0.05) is 32.8 Å². The number of carbonyl (C=O) groups is 2. The number of hydrogen-bond acceptors (Lipinski definition) is 15. The number of nitrogens with one attached hydrogen (secondary N) is 1. The molecular weight excluding hydrogens is 683 g/mol. The first kappa shape index (κ1) is 41.6. The van der Waals surface area contributed by atoms with E-state index in [1.165, 1.54) is 32.9 Å². The van der Waals surface area contributed by atoms with Crippen LogP contribution in [0.5, 0.6) is 0 Å². The lowest BCUT2D eigenvalue weighted by molar-refractivity contribution is -0.423. The van der Waals surface area contributed by atoms with Gasteiger partial charge in [-0.25, -0.2) is 14.8 Å². The van der Waals surface area contributed by atoms with Crippen molar-refractivity contribution in [2.24, 2.45) is 0 Å². The summed E-state index contributed by atoms with van der Waals surface area (Å²) in [6.07, 6.45) is 7.34. The van der Waals surface area contributed by atoms with Crippen LogP contribution in [0.4, 0.5) is 28.1 Å². The third-order valence-corrected chi connectivity index (χ3v) is 9.16. The molecule has 1 unspecified atom stereocenters. The number of hydrogen-bond donors (Lipinski definition) is 6. The zero-order valence-corrected chi connectivity index (χ0v) is 30.9. The van der Waals surface area contributed by atoms with E-state index in [1.54, 1.807) is 13.1 Å². The predicted octanol–water partition coefficient (Wildman–Crippen LogP) is 1.44. The summed E-state index contributed by atoms with van der Waals surface area (Å²) < 4.78 is 10.8. The lowest BCUT2D eigenvalue weighted by Crippen LogP contribution is -2.92. The summed E-state index contributed by atoms with van der Waals surface area (Å²) in [4.78, 5) is 40.5. The summed E-state index contributed by atoms with van der Waals surface area (Å²) in [5, 5.41) is 55.1. The number of aromatic nitrogens is 3. The molecule has 1 saturated heterocycles. The molecule has 280 valence electrons. The number of ether oxygens (including phenoxy) is 2. The molecule has 1 aliphatic heterocycles. The number of allylic oxidation sites excluding steroid dienone is 2. The summed E-state index contributed by atoms with van der Waals surface area (Å²) in [6, 6.07) is 2.74. The molecule has 4 rings (SSSR count). The van der Waals surface area contributed by atoms with E-state index < -0.39 is 39.4 Å². The van der Waals surface area contributed by atoms with E-state index in [2.05, 4.69) is 21.9 Å². The molecule has 3 heterocycles. The standard InChI is InChI=1S/C34H46B3N7O9/c1-8-9-16-52-21(3)25(19-45)20(2)24-18-39-28(41-27(24)42(7)22-12-10-11-13-22)40-26-15-14-23(17-38-26)43-31(35,36)33(48,49)44(29(46)53-30(4,5)6)34(50,51)32(43,37)47/h14-15,17-19,22,47-51H,3,8-13,16H2,1-2,4-7H3,(H,38,39,40,41)/b25-20+. The van der Waals surface area contributed by atoms with Crippen molar-refractivity contribution in [1.82, 2.24) is 19.9 Å². The number of aldehydes is 1. The van der Waals surface area contributed by atoms with Gasteiger partial charge in [-0.3, -0.25) is 4.79 Å². The summed E-state index contributed by atoms with van der Waals surface area (Å²) in [6.45, 7) is 12.4. The Balaban J connectivity index is 1.69. The molecule has 53 heavy (non-hydrogen) atoms. The minimum Gasteiger partial charge on any atom is -0.493 e. The molecule has 1 saturated carbocycles. The Morgan fingerprint density at radius 1 is 1.09 bits per heavy atom. The minimum absolute atomic E-state index is 0.120.